The van der Waals surface area contributed by atoms with Crippen LogP contribution in [0.3, 0.4) is 0 Å². The van der Waals surface area contributed by atoms with Crippen LogP contribution >= 0.6 is 0 Å². The zero-order valence-electron chi connectivity index (χ0n) is 12.4. The van der Waals surface area contributed by atoms with Gasteiger partial charge in [-0.2, -0.15) is 0 Å². The predicted octanol–water partition coefficient (Wildman–Crippen LogP) is 1.30. The molecule has 0 aromatic heterocycles. The normalized spacial score (nSPS) is 23.4. The molecule has 0 saturated carbocycles. The van der Waals surface area contributed by atoms with Crippen LogP contribution in [0.2, 0.25) is 0 Å². The first-order valence-electron chi connectivity index (χ1n) is 7.25. The van der Waals surface area contributed by atoms with Crippen molar-refractivity contribution in [1.29, 1.82) is 0 Å². The van der Waals surface area contributed by atoms with Crippen LogP contribution in [0.1, 0.15) is 40.5 Å². The van der Waals surface area contributed by atoms with Gasteiger partial charge in [-0.05, 0) is 32.9 Å². The summed E-state index contributed by atoms with van der Waals surface area (Å²) in [6.07, 6.45) is 1.91. The standard InChI is InChI=1S/C14H29N3O/c1-5-14(4,11-15)13(18)17-9-8-12(10-17)16(6-2)7-3/h12H,5-11,15H2,1-4H3. The molecule has 0 bridgehead atoms. The van der Waals surface area contributed by atoms with E-state index in [9.17, 15) is 4.79 Å². The minimum Gasteiger partial charge on any atom is -0.341 e. The van der Waals surface area contributed by atoms with Crippen molar-refractivity contribution >= 4 is 5.91 Å². The largest absolute Gasteiger partial charge is 0.341 e. The Morgan fingerprint density at radius 2 is 2.00 bits per heavy atom. The van der Waals surface area contributed by atoms with E-state index in [-0.39, 0.29) is 11.3 Å². The van der Waals surface area contributed by atoms with Gasteiger partial charge in [-0.15, -0.1) is 0 Å². The molecule has 1 heterocycles. The van der Waals surface area contributed by atoms with Crippen LogP contribution in [0.25, 0.3) is 0 Å². The maximum atomic E-state index is 12.5. The molecular formula is C14H29N3O. The van der Waals surface area contributed by atoms with Crippen molar-refractivity contribution in [2.75, 3.05) is 32.7 Å². The lowest BCUT2D eigenvalue weighted by atomic mass is 9.86. The number of amides is 1. The minimum atomic E-state index is -0.377. The average molecular weight is 255 g/mol. The number of carbonyl (C=O) groups is 1. The first-order valence-corrected chi connectivity index (χ1v) is 7.25. The van der Waals surface area contributed by atoms with E-state index in [4.69, 9.17) is 5.73 Å². The van der Waals surface area contributed by atoms with E-state index in [1.54, 1.807) is 0 Å². The second kappa shape index (κ2) is 6.53. The highest BCUT2D eigenvalue weighted by molar-refractivity contribution is 5.82. The molecular weight excluding hydrogens is 226 g/mol. The van der Waals surface area contributed by atoms with Crippen molar-refractivity contribution in [2.45, 2.75) is 46.6 Å². The molecule has 4 heteroatoms. The number of nitrogens with zero attached hydrogens (tertiary/aromatic N) is 2. The Bertz CT molecular complexity index is 272. The van der Waals surface area contributed by atoms with Gasteiger partial charge in [-0.25, -0.2) is 0 Å². The summed E-state index contributed by atoms with van der Waals surface area (Å²) in [6, 6.07) is 0.530. The molecule has 2 atom stereocenters. The summed E-state index contributed by atoms with van der Waals surface area (Å²) in [4.78, 5) is 17.0. The molecule has 2 N–H and O–H groups in total. The number of carbonyl (C=O) groups excluding carboxylic acids is 1. The number of hydrogen-bond donors (Lipinski definition) is 1. The maximum Gasteiger partial charge on any atom is 0.229 e. The molecule has 0 aromatic carbocycles. The van der Waals surface area contributed by atoms with Gasteiger partial charge in [0.25, 0.3) is 0 Å². The van der Waals surface area contributed by atoms with Gasteiger partial charge in [0.15, 0.2) is 0 Å². The topological polar surface area (TPSA) is 49.6 Å². The molecule has 18 heavy (non-hydrogen) atoms. The van der Waals surface area contributed by atoms with E-state index < -0.39 is 0 Å². The average Bonchev–Trinajstić information content (AvgIpc) is 2.88. The lowest BCUT2D eigenvalue weighted by Crippen LogP contribution is -2.46. The van der Waals surface area contributed by atoms with Gasteiger partial charge < -0.3 is 10.6 Å². The molecule has 2 unspecified atom stereocenters. The number of rotatable bonds is 6. The van der Waals surface area contributed by atoms with Crippen molar-refractivity contribution in [1.82, 2.24) is 9.80 Å². The summed E-state index contributed by atoms with van der Waals surface area (Å²) in [5.74, 6) is 0.238. The van der Waals surface area contributed by atoms with Gasteiger partial charge >= 0.3 is 0 Å². The summed E-state index contributed by atoms with van der Waals surface area (Å²) in [5, 5.41) is 0. The summed E-state index contributed by atoms with van der Waals surface area (Å²) in [7, 11) is 0. The van der Waals surface area contributed by atoms with Crippen LogP contribution in [0.4, 0.5) is 0 Å². The van der Waals surface area contributed by atoms with E-state index in [0.717, 1.165) is 39.0 Å². The van der Waals surface area contributed by atoms with Gasteiger partial charge in [0.05, 0.1) is 5.41 Å². The zero-order valence-corrected chi connectivity index (χ0v) is 12.4. The van der Waals surface area contributed by atoms with Gasteiger partial charge in [0.2, 0.25) is 5.91 Å². The monoisotopic (exact) mass is 255 g/mol. The van der Waals surface area contributed by atoms with Crippen LogP contribution in [0.15, 0.2) is 0 Å². The number of hydrogen-bond acceptors (Lipinski definition) is 3. The van der Waals surface area contributed by atoms with Crippen molar-refractivity contribution < 1.29 is 4.79 Å². The Morgan fingerprint density at radius 1 is 1.39 bits per heavy atom. The van der Waals surface area contributed by atoms with Crippen LogP contribution in [0, 0.1) is 5.41 Å². The third-order valence-corrected chi connectivity index (χ3v) is 4.53. The molecule has 1 amide bonds. The van der Waals surface area contributed by atoms with Crippen LogP contribution in [0.5, 0.6) is 0 Å². The molecule has 1 fully saturated rings. The quantitative estimate of drug-likeness (QED) is 0.778. The van der Waals surface area contributed by atoms with Crippen molar-refractivity contribution in [2.24, 2.45) is 11.1 Å². The summed E-state index contributed by atoms with van der Waals surface area (Å²) < 4.78 is 0. The van der Waals surface area contributed by atoms with Crippen LogP contribution < -0.4 is 5.73 Å². The van der Waals surface area contributed by atoms with E-state index in [1.807, 2.05) is 18.7 Å². The number of likely N-dealkylation sites (tertiary alicyclic amines) is 1. The molecule has 1 saturated heterocycles. The second-order valence-corrected chi connectivity index (χ2v) is 5.53. The highest BCUT2D eigenvalue weighted by Gasteiger charge is 2.37. The third-order valence-electron chi connectivity index (χ3n) is 4.53. The fourth-order valence-corrected chi connectivity index (χ4v) is 2.73. The van der Waals surface area contributed by atoms with Gasteiger partial charge in [-0.3, -0.25) is 9.69 Å². The van der Waals surface area contributed by atoms with E-state index in [0.29, 0.717) is 12.6 Å². The fourth-order valence-electron chi connectivity index (χ4n) is 2.73. The second-order valence-electron chi connectivity index (χ2n) is 5.53. The highest BCUT2D eigenvalue weighted by atomic mass is 16.2. The van der Waals surface area contributed by atoms with Crippen molar-refractivity contribution in [3.63, 3.8) is 0 Å². The predicted molar refractivity (Wildman–Crippen MR) is 75.4 cm³/mol. The van der Waals surface area contributed by atoms with Gasteiger partial charge in [0, 0.05) is 25.7 Å². The molecule has 1 aliphatic heterocycles. The Morgan fingerprint density at radius 3 is 2.44 bits per heavy atom. The third kappa shape index (κ3) is 3.04. The van der Waals surface area contributed by atoms with E-state index in [2.05, 4.69) is 18.7 Å². The molecule has 0 radical (unpaired) electrons. The van der Waals surface area contributed by atoms with E-state index in [1.165, 1.54) is 0 Å². The first kappa shape index (κ1) is 15.4. The van der Waals surface area contributed by atoms with Gasteiger partial charge in [0.1, 0.15) is 0 Å². The van der Waals surface area contributed by atoms with Crippen molar-refractivity contribution in [3.05, 3.63) is 0 Å². The molecule has 1 rings (SSSR count). The Kier molecular flexibility index (Phi) is 5.60. The SMILES string of the molecule is CCN(CC)C1CCN(C(=O)C(C)(CC)CN)C1. The molecule has 0 aromatic rings. The smallest absolute Gasteiger partial charge is 0.229 e. The van der Waals surface area contributed by atoms with E-state index >= 15 is 0 Å². The first-order chi connectivity index (χ1) is 8.52. The lowest BCUT2D eigenvalue weighted by molar-refractivity contribution is -0.140. The highest BCUT2D eigenvalue weighted by Crippen LogP contribution is 2.26. The fraction of sp³-hybridized carbons (Fsp3) is 0.929. The Hall–Kier alpha value is -0.610. The lowest BCUT2D eigenvalue weighted by Gasteiger charge is -2.31. The molecule has 106 valence electrons. The zero-order chi connectivity index (χ0) is 13.8. The summed E-state index contributed by atoms with van der Waals surface area (Å²) >= 11 is 0. The molecule has 4 nitrogen and oxygen atoms in total. The molecule has 1 aliphatic rings. The van der Waals surface area contributed by atoms with Crippen LogP contribution in [-0.4, -0.2) is 54.5 Å². The van der Waals surface area contributed by atoms with Gasteiger partial charge in [-0.1, -0.05) is 20.8 Å². The Labute approximate surface area is 111 Å². The van der Waals surface area contributed by atoms with Crippen molar-refractivity contribution in [3.8, 4) is 0 Å². The summed E-state index contributed by atoms with van der Waals surface area (Å²) in [5.41, 5.74) is 5.40. The number of nitrogens with two attached hydrogens (primary N) is 1. The molecule has 0 spiro atoms. The molecule has 0 aliphatic carbocycles. The minimum absolute atomic E-state index is 0.238. The number of likely N-dealkylation sites (N-methyl/N-ethyl adjacent to an activating group) is 1. The maximum absolute atomic E-state index is 12.5. The summed E-state index contributed by atoms with van der Waals surface area (Å²) in [6.45, 7) is 12.7. The Balaban J connectivity index is 2.64. The van der Waals surface area contributed by atoms with Crippen LogP contribution in [-0.2, 0) is 4.79 Å².